The number of pyridine rings is 1. The number of nitrogens with zero attached hydrogens (tertiary/aromatic N) is 6. The zero-order valence-electron chi connectivity index (χ0n) is 35.8. The molecule has 17 nitrogen and oxygen atoms in total. The van der Waals surface area contributed by atoms with Gasteiger partial charge >= 0.3 is 6.09 Å². The molecular weight excluding hydrogens is 843 g/mol. The zero-order valence-corrected chi connectivity index (χ0v) is 35.8. The molecule has 0 radical (unpaired) electrons. The summed E-state index contributed by atoms with van der Waals surface area (Å²) in [7, 11) is 0. The van der Waals surface area contributed by atoms with Crippen LogP contribution >= 0.6 is 0 Å². The topological polar surface area (TPSA) is 198 Å². The Morgan fingerprint density at radius 3 is 2.63 bits per heavy atom. The molecule has 3 atom stereocenters. The van der Waals surface area contributed by atoms with Crippen molar-refractivity contribution in [2.75, 3.05) is 63.1 Å². The Morgan fingerprint density at radius 1 is 0.985 bits per heavy atom. The highest BCUT2D eigenvalue weighted by Crippen LogP contribution is 2.35. The lowest BCUT2D eigenvalue weighted by Crippen LogP contribution is -2.52. The number of anilines is 2. The molecule has 2 aliphatic carbocycles. The number of oxazole rings is 1. The third-order valence-electron chi connectivity index (χ3n) is 12.7. The Kier molecular flexibility index (Phi) is 13.5. The molecule has 2 saturated carbocycles. The molecule has 5 aliphatic rings. The average molecular weight is 895 g/mol. The van der Waals surface area contributed by atoms with Crippen LogP contribution in [0.4, 0.5) is 25.1 Å². The molecule has 4 aromatic rings. The van der Waals surface area contributed by atoms with Crippen LogP contribution in [-0.2, 0) is 19.1 Å². The number of cyclic esters (lactones) is 1. The van der Waals surface area contributed by atoms with Gasteiger partial charge in [-0.3, -0.25) is 34.2 Å². The first-order chi connectivity index (χ1) is 31.6. The molecule has 5 fully saturated rings. The number of rotatable bonds is 15. The molecule has 4 amide bonds. The third-order valence-corrected chi connectivity index (χ3v) is 12.7. The van der Waals surface area contributed by atoms with Gasteiger partial charge in [-0.15, -0.1) is 0 Å². The number of ether oxygens (including phenoxy) is 2. The van der Waals surface area contributed by atoms with Crippen LogP contribution in [-0.4, -0.2) is 118 Å². The van der Waals surface area contributed by atoms with Gasteiger partial charge in [-0.25, -0.2) is 23.5 Å². The second kappa shape index (κ2) is 19.9. The van der Waals surface area contributed by atoms with Gasteiger partial charge in [-0.1, -0.05) is 24.0 Å². The van der Waals surface area contributed by atoms with E-state index in [-0.39, 0.29) is 54.7 Å². The van der Waals surface area contributed by atoms with Gasteiger partial charge in [0, 0.05) is 56.1 Å². The van der Waals surface area contributed by atoms with Gasteiger partial charge < -0.3 is 29.8 Å². The summed E-state index contributed by atoms with van der Waals surface area (Å²) >= 11 is 0. The number of nitrogens with one attached hydrogen (secondary N) is 4. The van der Waals surface area contributed by atoms with E-state index in [1.54, 1.807) is 23.0 Å². The van der Waals surface area contributed by atoms with Crippen LogP contribution in [0, 0.1) is 23.7 Å². The molecule has 0 bridgehead atoms. The first kappa shape index (κ1) is 44.0. The fourth-order valence-corrected chi connectivity index (χ4v) is 8.85. The maximum atomic E-state index is 14.2. The summed E-state index contributed by atoms with van der Waals surface area (Å²) < 4.78 is 47.1. The van der Waals surface area contributed by atoms with Gasteiger partial charge in [0.05, 0.1) is 37.5 Å². The first-order valence-corrected chi connectivity index (χ1v) is 22.4. The van der Waals surface area contributed by atoms with Crippen LogP contribution in [0.3, 0.4) is 0 Å². The number of hydrogen-bond donors (Lipinski definition) is 4. The van der Waals surface area contributed by atoms with Crippen molar-refractivity contribution in [1.29, 1.82) is 0 Å². The number of halogens is 2. The van der Waals surface area contributed by atoms with E-state index in [0.29, 0.717) is 42.9 Å². The lowest BCUT2D eigenvalue weighted by Gasteiger charge is -2.33. The molecule has 9 rings (SSSR count). The predicted octanol–water partition coefficient (Wildman–Crippen LogP) is 5.32. The van der Waals surface area contributed by atoms with Crippen molar-refractivity contribution in [3.05, 3.63) is 77.6 Å². The summed E-state index contributed by atoms with van der Waals surface area (Å²) in [6.45, 7) is 5.22. The summed E-state index contributed by atoms with van der Waals surface area (Å²) in [5.41, 5.74) is 1.64. The summed E-state index contributed by atoms with van der Waals surface area (Å²) in [6, 6.07) is 10.3. The zero-order chi connectivity index (χ0) is 44.9. The lowest BCUT2D eigenvalue weighted by molar-refractivity contribution is -0.136. The number of amides is 4. The van der Waals surface area contributed by atoms with Crippen molar-refractivity contribution in [1.82, 2.24) is 40.2 Å². The molecule has 19 heteroatoms. The van der Waals surface area contributed by atoms with Gasteiger partial charge in [0.2, 0.25) is 17.7 Å². The average Bonchev–Trinajstić information content (AvgIpc) is 3.62. The Balaban J connectivity index is 0.703. The molecule has 4 N–H and O–H groups in total. The predicted molar refractivity (Wildman–Crippen MR) is 232 cm³/mol. The number of hydrogen-bond acceptors (Lipinski definition) is 13. The Labute approximate surface area is 374 Å². The Hall–Kier alpha value is -6.23. The van der Waals surface area contributed by atoms with Gasteiger partial charge in [-0.05, 0) is 93.2 Å². The van der Waals surface area contributed by atoms with Crippen LogP contribution < -0.4 is 21.3 Å². The van der Waals surface area contributed by atoms with Crippen molar-refractivity contribution in [3.8, 4) is 23.3 Å². The fourth-order valence-electron chi connectivity index (χ4n) is 8.85. The van der Waals surface area contributed by atoms with Gasteiger partial charge in [0.25, 0.3) is 12.3 Å². The smallest absolute Gasteiger partial charge is 0.411 e. The molecular formula is C46H52F2N10O7. The second-order valence-electron chi connectivity index (χ2n) is 17.4. The highest BCUT2D eigenvalue weighted by Gasteiger charge is 2.42. The van der Waals surface area contributed by atoms with Crippen molar-refractivity contribution < 1.29 is 41.8 Å². The van der Waals surface area contributed by atoms with E-state index < -0.39 is 42.2 Å². The van der Waals surface area contributed by atoms with E-state index in [0.717, 1.165) is 63.0 Å². The highest BCUT2D eigenvalue weighted by atomic mass is 19.3. The number of benzene rings is 1. The monoisotopic (exact) mass is 894 g/mol. The van der Waals surface area contributed by atoms with E-state index >= 15 is 0 Å². The summed E-state index contributed by atoms with van der Waals surface area (Å²) in [4.78, 5) is 62.0. The van der Waals surface area contributed by atoms with E-state index in [1.807, 2.05) is 24.3 Å². The van der Waals surface area contributed by atoms with E-state index in [4.69, 9.17) is 13.9 Å². The maximum absolute atomic E-state index is 14.2. The maximum Gasteiger partial charge on any atom is 0.411 e. The largest absolute Gasteiger partial charge is 0.444 e. The van der Waals surface area contributed by atoms with E-state index in [1.165, 1.54) is 30.2 Å². The number of carbonyl (C=O) groups is 4. The quantitative estimate of drug-likeness (QED) is 0.0885. The van der Waals surface area contributed by atoms with Crippen molar-refractivity contribution in [2.24, 2.45) is 11.8 Å². The van der Waals surface area contributed by atoms with E-state index in [9.17, 15) is 28.0 Å². The molecule has 0 spiro atoms. The number of piperidine rings is 1. The minimum Gasteiger partial charge on any atom is -0.444 e. The van der Waals surface area contributed by atoms with Crippen LogP contribution in [0.5, 0.6) is 0 Å². The van der Waals surface area contributed by atoms with Crippen LogP contribution in [0.25, 0.3) is 11.5 Å². The molecule has 6 heterocycles. The van der Waals surface area contributed by atoms with Crippen LogP contribution in [0.1, 0.15) is 97.2 Å². The Bertz CT molecular complexity index is 2440. The molecule has 65 heavy (non-hydrogen) atoms. The molecule has 3 aliphatic heterocycles. The summed E-state index contributed by atoms with van der Waals surface area (Å²) in [6.07, 6.45) is 6.54. The summed E-state index contributed by atoms with van der Waals surface area (Å²) in [5, 5.41) is 16.0. The second-order valence-corrected chi connectivity index (χ2v) is 17.4. The van der Waals surface area contributed by atoms with Crippen LogP contribution in [0.2, 0.25) is 0 Å². The SMILES string of the molecule is O=C1CCC(N2C[C@H](c3cccc(C#CCN4CCO[C@@H](CNC[C@H]5CC[C@H](n6cc(NC(=O)c7coc(-c8ccnc(NCC9CC9)c8)n7)c(C(F)F)n6)CC5)C4)c3)OC2=O)C(=O)N1. The van der Waals surface area contributed by atoms with Crippen LogP contribution in [0.15, 0.2) is 59.5 Å². The van der Waals surface area contributed by atoms with E-state index in [2.05, 4.69) is 53.1 Å². The number of morpholine rings is 1. The minimum atomic E-state index is -2.88. The molecule has 3 saturated heterocycles. The van der Waals surface area contributed by atoms with Gasteiger partial charge in [0.1, 0.15) is 24.2 Å². The van der Waals surface area contributed by atoms with Crippen molar-refractivity contribution >= 4 is 35.3 Å². The van der Waals surface area contributed by atoms with Gasteiger partial charge in [-0.2, -0.15) is 5.10 Å². The number of imide groups is 1. The normalized spacial score (nSPS) is 23.8. The fraction of sp³-hybridized carbons (Fsp3) is 0.500. The molecule has 3 aromatic heterocycles. The third kappa shape index (κ3) is 11.0. The molecule has 1 aromatic carbocycles. The number of carbonyl (C=O) groups excluding carboxylic acids is 4. The van der Waals surface area contributed by atoms with Crippen molar-refractivity contribution in [3.63, 3.8) is 0 Å². The molecule has 1 unspecified atom stereocenters. The molecule has 342 valence electrons. The van der Waals surface area contributed by atoms with Crippen molar-refractivity contribution in [2.45, 2.75) is 82.1 Å². The highest BCUT2D eigenvalue weighted by molar-refractivity contribution is 6.03. The number of aromatic nitrogens is 4. The lowest BCUT2D eigenvalue weighted by atomic mass is 9.86. The minimum absolute atomic E-state index is 0.00582. The first-order valence-electron chi connectivity index (χ1n) is 22.4. The standard InChI is InChI=1S/C46H52F2N10O7/c47-42(48)41-35(52-43(60)36-27-64-45(53-36)32-14-15-50-39(20-32)51-22-30-6-7-30)25-58(55-41)33-10-8-29(9-11-33)21-49-23-34-24-56(17-18-63-34)16-2-4-28-3-1-5-31(19-28)38-26-57(46(62)65-38)37-12-13-40(59)54-44(37)61/h1,3,5,14-15,19-20,25,27,29-30,33-34,37-38,42,49H,6-13,16-18,21-24,26H2,(H,50,51)(H,52,60)(H,54,59,61)/t29-,33-,34-,37?,38+/m0/s1. The number of alkyl halides is 2. The van der Waals surface area contributed by atoms with Gasteiger partial charge in [0.15, 0.2) is 11.4 Å². The Morgan fingerprint density at radius 2 is 1.82 bits per heavy atom. The summed E-state index contributed by atoms with van der Waals surface area (Å²) in [5.74, 6) is 7.01.